The van der Waals surface area contributed by atoms with E-state index in [2.05, 4.69) is 13.0 Å². The molecule has 17 heavy (non-hydrogen) atoms. The van der Waals surface area contributed by atoms with Crippen LogP contribution in [0, 0.1) is 12.8 Å². The fourth-order valence-electron chi connectivity index (χ4n) is 2.34. The zero-order valence-corrected chi connectivity index (χ0v) is 10.3. The second-order valence-electron chi connectivity index (χ2n) is 4.73. The largest absolute Gasteiger partial charge is 0.490 e. The van der Waals surface area contributed by atoms with E-state index in [0.717, 1.165) is 12.2 Å². The molecule has 0 aromatic heterocycles. The maximum atomic E-state index is 11.0. The van der Waals surface area contributed by atoms with Gasteiger partial charge in [0.1, 0.15) is 11.9 Å². The van der Waals surface area contributed by atoms with Crippen LogP contribution in [0.25, 0.3) is 0 Å². The summed E-state index contributed by atoms with van der Waals surface area (Å²) in [6.07, 6.45) is 2.11. The summed E-state index contributed by atoms with van der Waals surface area (Å²) in [4.78, 5) is 11.0. The van der Waals surface area contributed by atoms with Crippen molar-refractivity contribution in [3.63, 3.8) is 0 Å². The molecule has 0 saturated heterocycles. The first-order valence-corrected chi connectivity index (χ1v) is 6.09. The number of rotatable bonds is 4. The second-order valence-corrected chi connectivity index (χ2v) is 4.73. The topological polar surface area (TPSA) is 46.5 Å². The van der Waals surface area contributed by atoms with Gasteiger partial charge >= 0.3 is 5.97 Å². The summed E-state index contributed by atoms with van der Waals surface area (Å²) in [7, 11) is 0. The first kappa shape index (κ1) is 12.0. The molecule has 3 nitrogen and oxygen atoms in total. The van der Waals surface area contributed by atoms with E-state index in [1.807, 2.05) is 19.1 Å². The molecule has 0 radical (unpaired) electrons. The summed E-state index contributed by atoms with van der Waals surface area (Å²) in [6.45, 7) is 3.96. The zero-order chi connectivity index (χ0) is 12.4. The highest BCUT2D eigenvalue weighted by Crippen LogP contribution is 2.32. The number of benzene rings is 1. The molecule has 1 heterocycles. The van der Waals surface area contributed by atoms with E-state index in [4.69, 9.17) is 9.84 Å². The Kier molecular flexibility index (Phi) is 3.36. The van der Waals surface area contributed by atoms with Crippen LogP contribution in [0.15, 0.2) is 18.2 Å². The Morgan fingerprint density at radius 3 is 3.00 bits per heavy atom. The molecule has 2 rings (SSSR count). The Morgan fingerprint density at radius 1 is 1.59 bits per heavy atom. The molecular formula is C14H18O3. The molecule has 1 aromatic carbocycles. The van der Waals surface area contributed by atoms with E-state index in [0.29, 0.717) is 12.8 Å². The summed E-state index contributed by atoms with van der Waals surface area (Å²) in [5.41, 5.74) is 2.42. The van der Waals surface area contributed by atoms with Gasteiger partial charge in [0.05, 0.1) is 5.92 Å². The van der Waals surface area contributed by atoms with Crippen molar-refractivity contribution in [3.05, 3.63) is 29.3 Å². The second kappa shape index (κ2) is 4.78. The maximum Gasteiger partial charge on any atom is 0.306 e. The van der Waals surface area contributed by atoms with Crippen LogP contribution in [-0.2, 0) is 11.2 Å². The molecule has 0 aliphatic carbocycles. The van der Waals surface area contributed by atoms with Gasteiger partial charge in [-0.1, -0.05) is 24.6 Å². The third-order valence-electron chi connectivity index (χ3n) is 3.35. The Bertz CT molecular complexity index is 425. The van der Waals surface area contributed by atoms with Crippen LogP contribution in [0.5, 0.6) is 5.75 Å². The highest BCUT2D eigenvalue weighted by atomic mass is 16.5. The molecule has 92 valence electrons. The molecule has 0 amide bonds. The van der Waals surface area contributed by atoms with Gasteiger partial charge in [0.25, 0.3) is 0 Å². The van der Waals surface area contributed by atoms with Crippen molar-refractivity contribution in [2.45, 2.75) is 39.2 Å². The lowest BCUT2D eigenvalue weighted by Gasteiger charge is -2.15. The van der Waals surface area contributed by atoms with E-state index in [1.54, 1.807) is 0 Å². The SMILES string of the molecule is CCC(CC1Cc2cc(C)ccc2O1)C(=O)O. The molecule has 2 unspecified atom stereocenters. The number of ether oxygens (including phenoxy) is 1. The molecule has 0 fully saturated rings. The van der Waals surface area contributed by atoms with Crippen LogP contribution in [-0.4, -0.2) is 17.2 Å². The lowest BCUT2D eigenvalue weighted by molar-refractivity contribution is -0.142. The molecule has 0 spiro atoms. The van der Waals surface area contributed by atoms with E-state index in [9.17, 15) is 4.79 Å². The third kappa shape index (κ3) is 2.60. The zero-order valence-electron chi connectivity index (χ0n) is 10.3. The minimum absolute atomic E-state index is 0.0212. The van der Waals surface area contributed by atoms with Crippen molar-refractivity contribution in [2.24, 2.45) is 5.92 Å². The van der Waals surface area contributed by atoms with E-state index in [-0.39, 0.29) is 12.0 Å². The van der Waals surface area contributed by atoms with E-state index in [1.165, 1.54) is 11.1 Å². The number of fused-ring (bicyclic) bond motifs is 1. The number of hydrogen-bond donors (Lipinski definition) is 1. The smallest absolute Gasteiger partial charge is 0.306 e. The quantitative estimate of drug-likeness (QED) is 0.871. The minimum atomic E-state index is -0.719. The van der Waals surface area contributed by atoms with Gasteiger partial charge in [-0.05, 0) is 31.4 Å². The normalized spacial score (nSPS) is 19.5. The predicted octanol–water partition coefficient (Wildman–Crippen LogP) is 2.80. The average molecular weight is 234 g/mol. The summed E-state index contributed by atoms with van der Waals surface area (Å²) < 4.78 is 5.78. The van der Waals surface area contributed by atoms with Crippen molar-refractivity contribution in [3.8, 4) is 5.75 Å². The van der Waals surface area contributed by atoms with Crippen LogP contribution in [0.1, 0.15) is 30.9 Å². The molecular weight excluding hydrogens is 216 g/mol. The van der Waals surface area contributed by atoms with Crippen molar-refractivity contribution in [1.82, 2.24) is 0 Å². The fourth-order valence-corrected chi connectivity index (χ4v) is 2.34. The van der Waals surface area contributed by atoms with Gasteiger partial charge in [-0.3, -0.25) is 4.79 Å². The molecule has 1 aliphatic rings. The van der Waals surface area contributed by atoms with Crippen molar-refractivity contribution < 1.29 is 14.6 Å². The third-order valence-corrected chi connectivity index (χ3v) is 3.35. The molecule has 1 aromatic rings. The van der Waals surface area contributed by atoms with E-state index < -0.39 is 5.97 Å². The van der Waals surface area contributed by atoms with Gasteiger partial charge in [-0.25, -0.2) is 0 Å². The lowest BCUT2D eigenvalue weighted by atomic mass is 9.96. The molecule has 2 atom stereocenters. The number of aliphatic carboxylic acids is 1. The van der Waals surface area contributed by atoms with Gasteiger partial charge in [0.15, 0.2) is 0 Å². The number of hydrogen-bond acceptors (Lipinski definition) is 2. The lowest BCUT2D eigenvalue weighted by Crippen LogP contribution is -2.23. The van der Waals surface area contributed by atoms with E-state index >= 15 is 0 Å². The first-order chi connectivity index (χ1) is 8.10. The monoisotopic (exact) mass is 234 g/mol. The summed E-state index contributed by atoms with van der Waals surface area (Å²) >= 11 is 0. The first-order valence-electron chi connectivity index (χ1n) is 6.09. The van der Waals surface area contributed by atoms with Crippen molar-refractivity contribution >= 4 is 5.97 Å². The molecule has 3 heteroatoms. The number of carboxylic acids is 1. The van der Waals surface area contributed by atoms with Crippen molar-refractivity contribution in [2.75, 3.05) is 0 Å². The number of carbonyl (C=O) groups is 1. The Morgan fingerprint density at radius 2 is 2.35 bits per heavy atom. The van der Waals surface area contributed by atoms with Crippen molar-refractivity contribution in [1.29, 1.82) is 0 Å². The van der Waals surface area contributed by atoms with Crippen LogP contribution in [0.3, 0.4) is 0 Å². The number of aryl methyl sites for hydroxylation is 1. The Balaban J connectivity index is 2.02. The Labute approximate surface area is 101 Å². The van der Waals surface area contributed by atoms with Crippen LogP contribution < -0.4 is 4.74 Å². The van der Waals surface area contributed by atoms with Crippen LogP contribution >= 0.6 is 0 Å². The minimum Gasteiger partial charge on any atom is -0.490 e. The van der Waals surface area contributed by atoms with Gasteiger partial charge in [-0.2, -0.15) is 0 Å². The molecule has 0 bridgehead atoms. The average Bonchev–Trinajstić information content (AvgIpc) is 2.66. The van der Waals surface area contributed by atoms with Crippen LogP contribution in [0.4, 0.5) is 0 Å². The Hall–Kier alpha value is -1.51. The highest BCUT2D eigenvalue weighted by molar-refractivity contribution is 5.69. The molecule has 1 aliphatic heterocycles. The van der Waals surface area contributed by atoms with Gasteiger partial charge in [-0.15, -0.1) is 0 Å². The van der Waals surface area contributed by atoms with Gasteiger partial charge < -0.3 is 9.84 Å². The van der Waals surface area contributed by atoms with Gasteiger partial charge in [0.2, 0.25) is 0 Å². The predicted molar refractivity (Wildman–Crippen MR) is 65.3 cm³/mol. The summed E-state index contributed by atoms with van der Waals surface area (Å²) in [6, 6.07) is 6.12. The maximum absolute atomic E-state index is 11.0. The van der Waals surface area contributed by atoms with Crippen LogP contribution in [0.2, 0.25) is 0 Å². The summed E-state index contributed by atoms with van der Waals surface area (Å²) in [5, 5.41) is 9.04. The molecule has 0 saturated carbocycles. The standard InChI is InChI=1S/C14H18O3/c1-3-10(14(15)16)7-12-8-11-6-9(2)4-5-13(11)17-12/h4-6,10,12H,3,7-8H2,1-2H3,(H,15,16). The fraction of sp³-hybridized carbons (Fsp3) is 0.500. The molecule has 1 N–H and O–H groups in total. The summed E-state index contributed by atoms with van der Waals surface area (Å²) in [5.74, 6) is -0.0977. The highest BCUT2D eigenvalue weighted by Gasteiger charge is 2.27. The van der Waals surface area contributed by atoms with Gasteiger partial charge in [0, 0.05) is 6.42 Å². The number of carboxylic acid groups (broad SMARTS) is 1.